The van der Waals surface area contributed by atoms with Crippen LogP contribution in [0.5, 0.6) is 0 Å². The molecule has 0 N–H and O–H groups in total. The minimum absolute atomic E-state index is 0.0367. The van der Waals surface area contributed by atoms with Gasteiger partial charge in [0.15, 0.2) is 5.69 Å². The second-order valence-electron chi connectivity index (χ2n) is 6.22. The Morgan fingerprint density at radius 1 is 1.00 bits per heavy atom. The van der Waals surface area contributed by atoms with Crippen molar-refractivity contribution in [3.63, 3.8) is 0 Å². The van der Waals surface area contributed by atoms with Crippen molar-refractivity contribution in [1.29, 1.82) is 0 Å². The molecule has 0 saturated carbocycles. The minimum Gasteiger partial charge on any atom is -0.354 e. The number of hydrogen-bond acceptors (Lipinski definition) is 7. The Morgan fingerprint density at radius 3 is 2.35 bits per heavy atom. The standard InChI is InChI=1S/C16H20F3N7/c1-24(2)15-22-4-3-13(23-15)26-9-7-25(8-10-26)11-12-14(16(17,18)19)21-6-5-20-12/h3-6H,7-11H2,1-2H3. The molecule has 10 heteroatoms. The summed E-state index contributed by atoms with van der Waals surface area (Å²) in [5.74, 6) is 1.44. The predicted molar refractivity (Wildman–Crippen MR) is 90.9 cm³/mol. The number of halogens is 3. The molecule has 26 heavy (non-hydrogen) atoms. The van der Waals surface area contributed by atoms with Gasteiger partial charge in [-0.2, -0.15) is 18.2 Å². The highest BCUT2D eigenvalue weighted by Gasteiger charge is 2.36. The van der Waals surface area contributed by atoms with Crippen LogP contribution in [0.25, 0.3) is 0 Å². The fraction of sp³-hybridized carbons (Fsp3) is 0.500. The number of aromatic nitrogens is 4. The maximum Gasteiger partial charge on any atom is 0.435 e. The zero-order valence-corrected chi connectivity index (χ0v) is 14.6. The minimum atomic E-state index is -4.49. The van der Waals surface area contributed by atoms with Crippen LogP contribution in [0.15, 0.2) is 24.7 Å². The molecule has 1 saturated heterocycles. The number of anilines is 2. The van der Waals surface area contributed by atoms with Crippen molar-refractivity contribution in [2.45, 2.75) is 12.7 Å². The van der Waals surface area contributed by atoms with Crippen LogP contribution < -0.4 is 9.80 Å². The Balaban J connectivity index is 1.64. The zero-order valence-electron chi connectivity index (χ0n) is 14.6. The third-order valence-corrected chi connectivity index (χ3v) is 4.14. The first-order valence-electron chi connectivity index (χ1n) is 8.19. The van der Waals surface area contributed by atoms with Gasteiger partial charge in [0.05, 0.1) is 5.69 Å². The van der Waals surface area contributed by atoms with Crippen molar-refractivity contribution in [2.75, 3.05) is 50.1 Å². The number of alkyl halides is 3. The van der Waals surface area contributed by atoms with E-state index in [9.17, 15) is 13.2 Å². The third-order valence-electron chi connectivity index (χ3n) is 4.14. The number of rotatable bonds is 4. The third kappa shape index (κ3) is 4.18. The van der Waals surface area contributed by atoms with Gasteiger partial charge in [0.25, 0.3) is 0 Å². The molecule has 7 nitrogen and oxygen atoms in total. The highest BCUT2D eigenvalue weighted by atomic mass is 19.4. The molecular weight excluding hydrogens is 347 g/mol. The van der Waals surface area contributed by atoms with E-state index in [1.165, 1.54) is 6.20 Å². The molecule has 0 unspecified atom stereocenters. The van der Waals surface area contributed by atoms with Crippen LogP contribution in [0.2, 0.25) is 0 Å². The maximum atomic E-state index is 13.0. The van der Waals surface area contributed by atoms with Gasteiger partial charge in [0.2, 0.25) is 5.95 Å². The summed E-state index contributed by atoms with van der Waals surface area (Å²) in [7, 11) is 3.74. The molecule has 0 aliphatic carbocycles. The monoisotopic (exact) mass is 367 g/mol. The molecular formula is C16H20F3N7. The van der Waals surface area contributed by atoms with E-state index in [1.807, 2.05) is 30.0 Å². The van der Waals surface area contributed by atoms with Crippen molar-refractivity contribution in [3.05, 3.63) is 36.0 Å². The quantitative estimate of drug-likeness (QED) is 0.815. The van der Waals surface area contributed by atoms with Crippen LogP contribution in [0, 0.1) is 0 Å². The topological polar surface area (TPSA) is 61.3 Å². The zero-order chi connectivity index (χ0) is 18.7. The van der Waals surface area contributed by atoms with E-state index in [4.69, 9.17) is 0 Å². The Kier molecular flexibility index (Phi) is 5.21. The SMILES string of the molecule is CN(C)c1nccc(N2CCN(Cc3nccnc3C(F)(F)F)CC2)n1. The summed E-state index contributed by atoms with van der Waals surface area (Å²) < 4.78 is 39.1. The van der Waals surface area contributed by atoms with Crippen LogP contribution in [0.1, 0.15) is 11.4 Å². The van der Waals surface area contributed by atoms with Crippen LogP contribution in [0.3, 0.4) is 0 Å². The largest absolute Gasteiger partial charge is 0.435 e. The first-order valence-corrected chi connectivity index (χ1v) is 8.19. The van der Waals surface area contributed by atoms with Gasteiger partial charge < -0.3 is 9.80 Å². The highest BCUT2D eigenvalue weighted by molar-refractivity contribution is 5.43. The highest BCUT2D eigenvalue weighted by Crippen LogP contribution is 2.29. The van der Waals surface area contributed by atoms with Crippen LogP contribution in [0.4, 0.5) is 24.9 Å². The summed E-state index contributed by atoms with van der Waals surface area (Å²) in [6.45, 7) is 2.71. The molecule has 1 aliphatic heterocycles. The average Bonchev–Trinajstić information content (AvgIpc) is 2.62. The summed E-state index contributed by atoms with van der Waals surface area (Å²) in [6, 6.07) is 1.84. The van der Waals surface area contributed by atoms with Gasteiger partial charge in [-0.15, -0.1) is 0 Å². The molecule has 1 fully saturated rings. The number of piperazine rings is 1. The van der Waals surface area contributed by atoms with Crippen LogP contribution in [-0.4, -0.2) is 65.1 Å². The van der Waals surface area contributed by atoms with Crippen molar-refractivity contribution in [3.8, 4) is 0 Å². The van der Waals surface area contributed by atoms with Gasteiger partial charge in [-0.1, -0.05) is 0 Å². The maximum absolute atomic E-state index is 13.0. The Hall–Kier alpha value is -2.49. The summed E-state index contributed by atoms with van der Waals surface area (Å²) >= 11 is 0. The molecule has 3 rings (SSSR count). The lowest BCUT2D eigenvalue weighted by Crippen LogP contribution is -2.46. The molecule has 0 spiro atoms. The van der Waals surface area contributed by atoms with Gasteiger partial charge in [-0.3, -0.25) is 9.88 Å². The van der Waals surface area contributed by atoms with Crippen LogP contribution >= 0.6 is 0 Å². The van der Waals surface area contributed by atoms with E-state index in [2.05, 4.69) is 24.8 Å². The van der Waals surface area contributed by atoms with Crippen molar-refractivity contribution < 1.29 is 13.2 Å². The molecule has 0 amide bonds. The normalized spacial score (nSPS) is 16.0. The molecule has 3 heterocycles. The lowest BCUT2D eigenvalue weighted by Gasteiger charge is -2.35. The molecule has 2 aromatic heterocycles. The van der Waals surface area contributed by atoms with Gasteiger partial charge in [0, 0.05) is 65.4 Å². The second-order valence-corrected chi connectivity index (χ2v) is 6.22. The fourth-order valence-corrected chi connectivity index (χ4v) is 2.80. The summed E-state index contributed by atoms with van der Waals surface area (Å²) in [5, 5.41) is 0. The number of hydrogen-bond donors (Lipinski definition) is 0. The van der Waals surface area contributed by atoms with Crippen molar-refractivity contribution >= 4 is 11.8 Å². The molecule has 0 radical (unpaired) electrons. The molecule has 140 valence electrons. The molecule has 0 bridgehead atoms. The van der Waals surface area contributed by atoms with Crippen molar-refractivity contribution in [2.24, 2.45) is 0 Å². The van der Waals surface area contributed by atoms with E-state index < -0.39 is 11.9 Å². The van der Waals surface area contributed by atoms with Gasteiger partial charge in [-0.25, -0.2) is 9.97 Å². The predicted octanol–water partition coefficient (Wildman–Crippen LogP) is 1.67. The summed E-state index contributed by atoms with van der Waals surface area (Å²) in [5.41, 5.74) is -0.945. The first-order chi connectivity index (χ1) is 12.3. The lowest BCUT2D eigenvalue weighted by atomic mass is 10.2. The van der Waals surface area contributed by atoms with Gasteiger partial charge in [0.1, 0.15) is 5.82 Å². The number of nitrogens with zero attached hydrogens (tertiary/aromatic N) is 7. The molecule has 1 aliphatic rings. The second kappa shape index (κ2) is 7.40. The first kappa shape index (κ1) is 18.3. The molecule has 2 aromatic rings. The van der Waals surface area contributed by atoms with Gasteiger partial charge in [-0.05, 0) is 6.07 Å². The fourth-order valence-electron chi connectivity index (χ4n) is 2.80. The van der Waals surface area contributed by atoms with Crippen LogP contribution in [-0.2, 0) is 12.7 Å². The van der Waals surface area contributed by atoms with E-state index in [0.717, 1.165) is 12.0 Å². The van der Waals surface area contributed by atoms with E-state index in [-0.39, 0.29) is 12.2 Å². The summed E-state index contributed by atoms with van der Waals surface area (Å²) in [6.07, 6.45) is -0.416. The average molecular weight is 367 g/mol. The van der Waals surface area contributed by atoms with E-state index in [1.54, 1.807) is 6.20 Å². The summed E-state index contributed by atoms with van der Waals surface area (Å²) in [4.78, 5) is 21.9. The molecule has 0 aromatic carbocycles. The smallest absolute Gasteiger partial charge is 0.354 e. The Bertz CT molecular complexity index is 743. The lowest BCUT2D eigenvalue weighted by molar-refractivity contribution is -0.142. The van der Waals surface area contributed by atoms with Gasteiger partial charge >= 0.3 is 6.18 Å². The Labute approximate surface area is 149 Å². The van der Waals surface area contributed by atoms with E-state index >= 15 is 0 Å². The van der Waals surface area contributed by atoms with E-state index in [0.29, 0.717) is 32.1 Å². The van der Waals surface area contributed by atoms with Crippen molar-refractivity contribution in [1.82, 2.24) is 24.8 Å². The Morgan fingerprint density at radius 2 is 1.69 bits per heavy atom. The molecule has 0 atom stereocenters.